The van der Waals surface area contributed by atoms with Crippen LogP contribution in [0.5, 0.6) is 0 Å². The predicted molar refractivity (Wildman–Crippen MR) is 78.4 cm³/mol. The summed E-state index contributed by atoms with van der Waals surface area (Å²) in [6.45, 7) is 5.11. The predicted octanol–water partition coefficient (Wildman–Crippen LogP) is 4.00. The molecule has 0 bridgehead atoms. The summed E-state index contributed by atoms with van der Waals surface area (Å²) >= 11 is 3.39. The molecule has 0 unspecified atom stereocenters. The molecule has 2 nitrogen and oxygen atoms in total. The minimum Gasteiger partial charge on any atom is -0.305 e. The Morgan fingerprint density at radius 3 is 2.67 bits per heavy atom. The van der Waals surface area contributed by atoms with Crippen molar-refractivity contribution >= 4 is 15.9 Å². The average Bonchev–Trinajstić information content (AvgIpc) is 2.38. The summed E-state index contributed by atoms with van der Waals surface area (Å²) < 4.78 is 1.01. The first-order chi connectivity index (χ1) is 8.66. The first-order valence-electron chi connectivity index (χ1n) is 6.06. The number of aryl methyl sites for hydroxylation is 1. The number of benzene rings is 1. The fraction of sp³-hybridized carbons (Fsp3) is 0.267. The van der Waals surface area contributed by atoms with E-state index in [1.54, 1.807) is 0 Å². The highest BCUT2D eigenvalue weighted by molar-refractivity contribution is 9.10. The molecule has 1 aromatic heterocycles. The molecule has 0 saturated carbocycles. The number of hydrogen-bond donors (Lipinski definition) is 1. The minimum atomic E-state index is 0.330. The maximum atomic E-state index is 4.36. The van der Waals surface area contributed by atoms with Gasteiger partial charge in [0.15, 0.2) is 0 Å². The lowest BCUT2D eigenvalue weighted by Crippen LogP contribution is -2.19. The van der Waals surface area contributed by atoms with Crippen LogP contribution in [0.3, 0.4) is 0 Å². The van der Waals surface area contributed by atoms with Crippen molar-refractivity contribution in [3.63, 3.8) is 0 Å². The van der Waals surface area contributed by atoms with Crippen molar-refractivity contribution in [2.45, 2.75) is 26.4 Å². The third kappa shape index (κ3) is 3.40. The van der Waals surface area contributed by atoms with Crippen molar-refractivity contribution < 1.29 is 0 Å². The fourth-order valence-corrected chi connectivity index (χ4v) is 2.19. The van der Waals surface area contributed by atoms with Crippen molar-refractivity contribution in [2.24, 2.45) is 0 Å². The van der Waals surface area contributed by atoms with E-state index in [1.807, 2.05) is 18.3 Å². The Balaban J connectivity index is 1.98. The van der Waals surface area contributed by atoms with Crippen LogP contribution >= 0.6 is 15.9 Å². The monoisotopic (exact) mass is 304 g/mol. The first-order valence-corrected chi connectivity index (χ1v) is 6.85. The lowest BCUT2D eigenvalue weighted by atomic mass is 10.0. The second-order valence-electron chi connectivity index (χ2n) is 4.43. The molecule has 0 aliphatic rings. The van der Waals surface area contributed by atoms with E-state index < -0.39 is 0 Å². The molecule has 18 heavy (non-hydrogen) atoms. The second-order valence-corrected chi connectivity index (χ2v) is 5.34. The third-order valence-electron chi connectivity index (χ3n) is 3.03. The van der Waals surface area contributed by atoms with Gasteiger partial charge in [0, 0.05) is 23.3 Å². The summed E-state index contributed by atoms with van der Waals surface area (Å²) in [5.41, 5.74) is 3.72. The van der Waals surface area contributed by atoms with Crippen LogP contribution in [0.4, 0.5) is 0 Å². The average molecular weight is 305 g/mol. The normalized spacial score (nSPS) is 12.4. The van der Waals surface area contributed by atoms with Gasteiger partial charge in [-0.1, -0.05) is 24.3 Å². The van der Waals surface area contributed by atoms with Crippen LogP contribution < -0.4 is 5.32 Å². The molecule has 1 atom stereocenters. The van der Waals surface area contributed by atoms with Gasteiger partial charge in [-0.25, -0.2) is 0 Å². The Hall–Kier alpha value is -1.19. The molecule has 1 aromatic carbocycles. The maximum Gasteiger partial charge on any atom is 0.0542 e. The van der Waals surface area contributed by atoms with Gasteiger partial charge < -0.3 is 5.32 Å². The van der Waals surface area contributed by atoms with Gasteiger partial charge in [-0.2, -0.15) is 0 Å². The summed E-state index contributed by atoms with van der Waals surface area (Å²) in [6, 6.07) is 12.8. The zero-order valence-electron chi connectivity index (χ0n) is 10.7. The van der Waals surface area contributed by atoms with Crippen molar-refractivity contribution in [3.8, 4) is 0 Å². The number of aromatic nitrogens is 1. The van der Waals surface area contributed by atoms with Crippen LogP contribution in [0.25, 0.3) is 0 Å². The van der Waals surface area contributed by atoms with Crippen LogP contribution in [-0.2, 0) is 6.54 Å². The van der Waals surface area contributed by atoms with Crippen LogP contribution in [0, 0.1) is 6.92 Å². The highest BCUT2D eigenvalue weighted by Gasteiger charge is 2.07. The van der Waals surface area contributed by atoms with Crippen LogP contribution in [0.1, 0.15) is 29.8 Å². The molecule has 2 aromatic rings. The van der Waals surface area contributed by atoms with Crippen molar-refractivity contribution in [2.75, 3.05) is 0 Å². The van der Waals surface area contributed by atoms with E-state index in [4.69, 9.17) is 0 Å². The highest BCUT2D eigenvalue weighted by Crippen LogP contribution is 2.17. The van der Waals surface area contributed by atoms with Crippen LogP contribution in [-0.4, -0.2) is 4.98 Å². The fourth-order valence-electron chi connectivity index (χ4n) is 1.95. The first kappa shape index (κ1) is 13.2. The largest absolute Gasteiger partial charge is 0.305 e. The molecule has 94 valence electrons. The molecule has 1 N–H and O–H groups in total. The van der Waals surface area contributed by atoms with Gasteiger partial charge in [-0.3, -0.25) is 4.98 Å². The summed E-state index contributed by atoms with van der Waals surface area (Å²) in [4.78, 5) is 4.36. The molecule has 0 aliphatic heterocycles. The molecule has 0 amide bonds. The van der Waals surface area contributed by atoms with Gasteiger partial charge in [-0.05, 0) is 53.0 Å². The van der Waals surface area contributed by atoms with Crippen molar-refractivity contribution in [3.05, 3.63) is 63.9 Å². The van der Waals surface area contributed by atoms with Gasteiger partial charge in [0.1, 0.15) is 0 Å². The molecule has 2 rings (SSSR count). The molecule has 0 fully saturated rings. The lowest BCUT2D eigenvalue weighted by Gasteiger charge is -2.16. The topological polar surface area (TPSA) is 24.9 Å². The van der Waals surface area contributed by atoms with E-state index in [0.29, 0.717) is 6.04 Å². The highest BCUT2D eigenvalue weighted by atomic mass is 79.9. The Bertz CT molecular complexity index is 508. The summed E-state index contributed by atoms with van der Waals surface area (Å²) in [7, 11) is 0. The number of nitrogens with zero attached hydrogens (tertiary/aromatic N) is 1. The van der Waals surface area contributed by atoms with E-state index in [-0.39, 0.29) is 0 Å². The molecular formula is C15H17BrN2. The standard InChI is InChI=1S/C15H17BrN2/c1-11-5-3-4-6-15(11)12(2)17-10-14-8-7-13(16)9-18-14/h3-9,12,17H,10H2,1-2H3/t12-/m0/s1. The van der Waals surface area contributed by atoms with Gasteiger partial charge in [-0.15, -0.1) is 0 Å². The third-order valence-corrected chi connectivity index (χ3v) is 3.50. The van der Waals surface area contributed by atoms with E-state index in [1.165, 1.54) is 11.1 Å². The van der Waals surface area contributed by atoms with E-state index in [9.17, 15) is 0 Å². The van der Waals surface area contributed by atoms with E-state index in [0.717, 1.165) is 16.7 Å². The Morgan fingerprint density at radius 2 is 2.00 bits per heavy atom. The summed E-state index contributed by atoms with van der Waals surface area (Å²) in [5.74, 6) is 0. The second kappa shape index (κ2) is 6.12. The van der Waals surface area contributed by atoms with Crippen molar-refractivity contribution in [1.82, 2.24) is 10.3 Å². The molecule has 0 aliphatic carbocycles. The lowest BCUT2D eigenvalue weighted by molar-refractivity contribution is 0.565. The van der Waals surface area contributed by atoms with Gasteiger partial charge in [0.25, 0.3) is 0 Å². The smallest absolute Gasteiger partial charge is 0.0542 e. The molecule has 1 heterocycles. The Kier molecular flexibility index (Phi) is 4.50. The quantitative estimate of drug-likeness (QED) is 0.923. The van der Waals surface area contributed by atoms with Gasteiger partial charge in [0.05, 0.1) is 5.69 Å². The van der Waals surface area contributed by atoms with Gasteiger partial charge >= 0.3 is 0 Å². The van der Waals surface area contributed by atoms with Crippen LogP contribution in [0.2, 0.25) is 0 Å². The summed E-state index contributed by atoms with van der Waals surface area (Å²) in [5, 5.41) is 3.50. The Morgan fingerprint density at radius 1 is 1.22 bits per heavy atom. The number of nitrogens with one attached hydrogen (secondary N) is 1. The maximum absolute atomic E-state index is 4.36. The molecule has 0 spiro atoms. The SMILES string of the molecule is Cc1ccccc1[C@H](C)NCc1ccc(Br)cn1. The zero-order chi connectivity index (χ0) is 13.0. The van der Waals surface area contributed by atoms with Gasteiger partial charge in [0.2, 0.25) is 0 Å². The summed E-state index contributed by atoms with van der Waals surface area (Å²) in [6.07, 6.45) is 1.83. The van der Waals surface area contributed by atoms with E-state index >= 15 is 0 Å². The minimum absolute atomic E-state index is 0.330. The molecule has 0 saturated heterocycles. The molecular weight excluding hydrogens is 288 g/mol. The number of hydrogen-bond acceptors (Lipinski definition) is 2. The number of halogens is 1. The number of pyridine rings is 1. The van der Waals surface area contributed by atoms with Crippen molar-refractivity contribution in [1.29, 1.82) is 0 Å². The zero-order valence-corrected chi connectivity index (χ0v) is 12.2. The Labute approximate surface area is 117 Å². The van der Waals surface area contributed by atoms with E-state index in [2.05, 4.69) is 64.3 Å². The number of rotatable bonds is 4. The molecule has 3 heteroatoms. The molecule has 0 radical (unpaired) electrons. The van der Waals surface area contributed by atoms with Crippen LogP contribution in [0.15, 0.2) is 47.1 Å².